The van der Waals surface area contributed by atoms with Gasteiger partial charge in [0.1, 0.15) is 6.29 Å². The fourth-order valence-electron chi connectivity index (χ4n) is 1.28. The van der Waals surface area contributed by atoms with Crippen LogP contribution in [0.2, 0.25) is 5.02 Å². The fourth-order valence-corrected chi connectivity index (χ4v) is 1.56. The number of benzene rings is 1. The van der Waals surface area contributed by atoms with Gasteiger partial charge in [-0.05, 0) is 30.5 Å². The lowest BCUT2D eigenvalue weighted by molar-refractivity contribution is -0.107. The van der Waals surface area contributed by atoms with Crippen molar-refractivity contribution in [2.75, 3.05) is 0 Å². The molecule has 15 heavy (non-hydrogen) atoms. The van der Waals surface area contributed by atoms with Crippen LogP contribution in [-0.4, -0.2) is 17.4 Å². The molecular weight excluding hydrogens is 216 g/mol. The van der Waals surface area contributed by atoms with E-state index in [2.05, 4.69) is 0 Å². The largest absolute Gasteiger partial charge is 0.478 e. The van der Waals surface area contributed by atoms with Gasteiger partial charge in [-0.2, -0.15) is 0 Å². The van der Waals surface area contributed by atoms with Gasteiger partial charge in [-0.3, -0.25) is 0 Å². The molecule has 0 bridgehead atoms. The summed E-state index contributed by atoms with van der Waals surface area (Å²) in [6, 6.07) is 4.84. The molecule has 0 spiro atoms. The normalized spacial score (nSPS) is 9.93. The van der Waals surface area contributed by atoms with E-state index in [1.54, 1.807) is 12.1 Å². The van der Waals surface area contributed by atoms with Crippen LogP contribution in [0, 0.1) is 0 Å². The summed E-state index contributed by atoms with van der Waals surface area (Å²) in [4.78, 5) is 20.8. The average Bonchev–Trinajstić information content (AvgIpc) is 2.17. The van der Waals surface area contributed by atoms with Crippen LogP contribution in [0.15, 0.2) is 18.2 Å². The van der Waals surface area contributed by atoms with Crippen LogP contribution in [-0.2, 0) is 11.2 Å². The van der Waals surface area contributed by atoms with Crippen molar-refractivity contribution in [3.63, 3.8) is 0 Å². The highest BCUT2D eigenvalue weighted by Gasteiger charge is 2.08. The lowest BCUT2D eigenvalue weighted by Gasteiger charge is -2.02. The molecule has 0 aliphatic heterocycles. The van der Waals surface area contributed by atoms with Gasteiger partial charge in [0.25, 0.3) is 0 Å². The summed E-state index contributed by atoms with van der Waals surface area (Å²) >= 11 is 5.79. The molecule has 0 amide bonds. The van der Waals surface area contributed by atoms with E-state index in [9.17, 15) is 9.59 Å². The van der Waals surface area contributed by atoms with E-state index in [0.717, 1.165) is 24.7 Å². The van der Waals surface area contributed by atoms with E-state index in [4.69, 9.17) is 16.7 Å². The lowest BCUT2D eigenvalue weighted by atomic mass is 10.1. The molecule has 1 rings (SSSR count). The summed E-state index contributed by atoms with van der Waals surface area (Å²) < 4.78 is 0. The zero-order valence-electron chi connectivity index (χ0n) is 8.07. The van der Waals surface area contributed by atoms with Gasteiger partial charge in [-0.1, -0.05) is 17.7 Å². The number of rotatable bonds is 5. The molecule has 0 heterocycles. The molecule has 80 valence electrons. The highest BCUT2D eigenvalue weighted by molar-refractivity contribution is 6.33. The van der Waals surface area contributed by atoms with Gasteiger partial charge in [-0.15, -0.1) is 0 Å². The second kappa shape index (κ2) is 5.51. The molecule has 0 aliphatic carbocycles. The first-order chi connectivity index (χ1) is 7.15. The first kappa shape index (κ1) is 11.7. The Labute approximate surface area is 92.7 Å². The van der Waals surface area contributed by atoms with Crippen LogP contribution in [0.3, 0.4) is 0 Å². The van der Waals surface area contributed by atoms with Crippen molar-refractivity contribution in [3.05, 3.63) is 34.3 Å². The minimum Gasteiger partial charge on any atom is -0.478 e. The van der Waals surface area contributed by atoms with Gasteiger partial charge in [0.05, 0.1) is 10.6 Å². The predicted molar refractivity (Wildman–Crippen MR) is 57.4 cm³/mol. The number of aryl methyl sites for hydroxylation is 1. The highest BCUT2D eigenvalue weighted by Crippen LogP contribution is 2.18. The molecule has 0 saturated carbocycles. The molecule has 0 saturated heterocycles. The number of carboxylic acids is 1. The molecule has 3 nitrogen and oxygen atoms in total. The molecule has 0 atom stereocenters. The second-order valence-electron chi connectivity index (χ2n) is 3.18. The number of unbranched alkanes of at least 4 members (excludes halogenated alkanes) is 1. The maximum Gasteiger partial charge on any atom is 0.337 e. The Kier molecular flexibility index (Phi) is 4.31. The topological polar surface area (TPSA) is 54.4 Å². The summed E-state index contributed by atoms with van der Waals surface area (Å²) in [6.07, 6.45) is 2.87. The quantitative estimate of drug-likeness (QED) is 0.620. The van der Waals surface area contributed by atoms with Gasteiger partial charge in [-0.25, -0.2) is 4.79 Å². The smallest absolute Gasteiger partial charge is 0.337 e. The Hall–Kier alpha value is -1.35. The minimum absolute atomic E-state index is 0.107. The van der Waals surface area contributed by atoms with Gasteiger partial charge in [0, 0.05) is 6.42 Å². The zero-order chi connectivity index (χ0) is 11.3. The number of hydrogen-bond acceptors (Lipinski definition) is 2. The molecular formula is C11H11ClO3. The summed E-state index contributed by atoms with van der Waals surface area (Å²) in [5.41, 5.74) is 1.06. The van der Waals surface area contributed by atoms with E-state index >= 15 is 0 Å². The first-order valence-corrected chi connectivity index (χ1v) is 4.98. The third-order valence-corrected chi connectivity index (χ3v) is 2.36. The van der Waals surface area contributed by atoms with Crippen LogP contribution in [0.4, 0.5) is 0 Å². The molecule has 1 N–H and O–H groups in total. The lowest BCUT2D eigenvalue weighted by Crippen LogP contribution is -1.98. The van der Waals surface area contributed by atoms with Crippen molar-refractivity contribution >= 4 is 23.9 Å². The zero-order valence-corrected chi connectivity index (χ0v) is 8.83. The second-order valence-corrected chi connectivity index (χ2v) is 3.59. The van der Waals surface area contributed by atoms with E-state index < -0.39 is 5.97 Å². The number of halogens is 1. The third-order valence-electron chi connectivity index (χ3n) is 2.05. The van der Waals surface area contributed by atoms with Crippen LogP contribution in [0.5, 0.6) is 0 Å². The number of aromatic carboxylic acids is 1. The van der Waals surface area contributed by atoms with Gasteiger partial charge < -0.3 is 9.90 Å². The fraction of sp³-hybridized carbons (Fsp3) is 0.273. The Balaban J connectivity index is 2.73. The van der Waals surface area contributed by atoms with Crippen LogP contribution < -0.4 is 0 Å². The molecule has 0 aliphatic rings. The monoisotopic (exact) mass is 226 g/mol. The number of carbonyl (C=O) groups excluding carboxylic acids is 1. The van der Waals surface area contributed by atoms with Crippen molar-refractivity contribution < 1.29 is 14.7 Å². The van der Waals surface area contributed by atoms with Crippen molar-refractivity contribution in [2.45, 2.75) is 19.3 Å². The highest BCUT2D eigenvalue weighted by atomic mass is 35.5. The number of carboxylic acid groups (broad SMARTS) is 1. The summed E-state index contributed by atoms with van der Waals surface area (Å²) in [5, 5.41) is 8.98. The number of hydrogen-bond donors (Lipinski definition) is 1. The first-order valence-electron chi connectivity index (χ1n) is 4.60. The Morgan fingerprint density at radius 2 is 2.20 bits per heavy atom. The maximum atomic E-state index is 10.7. The Bertz CT molecular complexity index is 374. The minimum atomic E-state index is -1.03. The van der Waals surface area contributed by atoms with Crippen LogP contribution in [0.1, 0.15) is 28.8 Å². The van der Waals surface area contributed by atoms with Gasteiger partial charge >= 0.3 is 5.97 Å². The molecule has 4 heteroatoms. The third kappa shape index (κ3) is 3.36. The molecule has 0 aromatic heterocycles. The number of carbonyl (C=O) groups is 2. The summed E-state index contributed by atoms with van der Waals surface area (Å²) in [7, 11) is 0. The molecule has 1 aromatic rings. The molecule has 0 unspecified atom stereocenters. The maximum absolute atomic E-state index is 10.7. The standard InChI is InChI=1S/C11H11ClO3/c12-10-7-8(3-1-2-6-13)4-5-9(10)11(14)15/h4-7H,1-3H2,(H,14,15). The Morgan fingerprint density at radius 3 is 2.73 bits per heavy atom. The van der Waals surface area contributed by atoms with E-state index in [1.807, 2.05) is 0 Å². The molecule has 0 radical (unpaired) electrons. The summed E-state index contributed by atoms with van der Waals surface area (Å²) in [5.74, 6) is -1.03. The average molecular weight is 227 g/mol. The predicted octanol–water partition coefficient (Wildman–Crippen LogP) is 2.56. The SMILES string of the molecule is O=CCCCc1ccc(C(=O)O)c(Cl)c1. The van der Waals surface area contributed by atoms with Gasteiger partial charge in [0.15, 0.2) is 0 Å². The van der Waals surface area contributed by atoms with Crippen molar-refractivity contribution in [2.24, 2.45) is 0 Å². The van der Waals surface area contributed by atoms with Gasteiger partial charge in [0.2, 0.25) is 0 Å². The van der Waals surface area contributed by atoms with Crippen LogP contribution in [0.25, 0.3) is 0 Å². The van der Waals surface area contributed by atoms with E-state index in [0.29, 0.717) is 6.42 Å². The van der Waals surface area contributed by atoms with Crippen molar-refractivity contribution in [3.8, 4) is 0 Å². The van der Waals surface area contributed by atoms with Crippen molar-refractivity contribution in [1.29, 1.82) is 0 Å². The van der Waals surface area contributed by atoms with Crippen LogP contribution >= 0.6 is 11.6 Å². The summed E-state index contributed by atoms with van der Waals surface area (Å²) in [6.45, 7) is 0. The Morgan fingerprint density at radius 1 is 1.47 bits per heavy atom. The van der Waals surface area contributed by atoms with E-state index in [-0.39, 0.29) is 10.6 Å². The molecule has 0 fully saturated rings. The molecule has 1 aromatic carbocycles. The van der Waals surface area contributed by atoms with E-state index in [1.165, 1.54) is 6.07 Å². The van der Waals surface area contributed by atoms with Crippen molar-refractivity contribution in [1.82, 2.24) is 0 Å². The number of aldehydes is 1.